The minimum absolute atomic E-state index is 0.0233. The molecule has 3 aromatic rings. The van der Waals surface area contributed by atoms with E-state index >= 15 is 0 Å². The zero-order valence-corrected chi connectivity index (χ0v) is 19.5. The summed E-state index contributed by atoms with van der Waals surface area (Å²) in [6.45, 7) is 1.84. The van der Waals surface area contributed by atoms with Gasteiger partial charge in [0.2, 0.25) is 5.91 Å². The number of rotatable bonds is 10. The van der Waals surface area contributed by atoms with Crippen LogP contribution in [-0.4, -0.2) is 61.6 Å². The fourth-order valence-electron chi connectivity index (χ4n) is 4.03. The first kappa shape index (κ1) is 23.1. The van der Waals surface area contributed by atoms with E-state index in [1.54, 1.807) is 35.5 Å². The molecule has 1 aliphatic rings. The molecule has 1 aliphatic heterocycles. The number of amides is 2. The topological polar surface area (TPSA) is 72.2 Å². The molecular formula is C25H28N2O5S. The van der Waals surface area contributed by atoms with Crippen molar-refractivity contribution in [3.8, 4) is 5.75 Å². The Labute approximate surface area is 197 Å². The van der Waals surface area contributed by atoms with Gasteiger partial charge in [0.05, 0.1) is 12.3 Å². The second-order valence-corrected chi connectivity index (χ2v) is 8.83. The monoisotopic (exact) mass is 468 g/mol. The van der Waals surface area contributed by atoms with Crippen LogP contribution in [-0.2, 0) is 16.0 Å². The molecule has 4 rings (SSSR count). The first-order valence-corrected chi connectivity index (χ1v) is 11.9. The molecule has 2 amide bonds. The van der Waals surface area contributed by atoms with Crippen LogP contribution < -0.4 is 4.74 Å². The summed E-state index contributed by atoms with van der Waals surface area (Å²) in [6, 6.07) is 14.8. The van der Waals surface area contributed by atoms with E-state index in [4.69, 9.17) is 13.9 Å². The summed E-state index contributed by atoms with van der Waals surface area (Å²) < 4.78 is 16.5. The molecule has 0 saturated carbocycles. The van der Waals surface area contributed by atoms with E-state index in [2.05, 4.69) is 11.4 Å². The lowest BCUT2D eigenvalue weighted by molar-refractivity contribution is -0.135. The molecular weight excluding hydrogens is 440 g/mol. The molecule has 1 atom stereocenters. The normalized spacial score (nSPS) is 15.2. The van der Waals surface area contributed by atoms with Gasteiger partial charge in [-0.1, -0.05) is 18.2 Å². The lowest BCUT2D eigenvalue weighted by Crippen LogP contribution is -2.48. The van der Waals surface area contributed by atoms with Crippen LogP contribution in [0.25, 0.3) is 0 Å². The number of nitrogens with zero attached hydrogens (tertiary/aromatic N) is 2. The predicted molar refractivity (Wildman–Crippen MR) is 126 cm³/mol. The second kappa shape index (κ2) is 11.2. The smallest absolute Gasteiger partial charge is 0.290 e. The van der Waals surface area contributed by atoms with Crippen LogP contribution in [0.4, 0.5) is 0 Å². The molecule has 3 heterocycles. The van der Waals surface area contributed by atoms with Crippen LogP contribution in [0.5, 0.6) is 5.75 Å². The Morgan fingerprint density at radius 3 is 2.79 bits per heavy atom. The van der Waals surface area contributed by atoms with Gasteiger partial charge in [-0.3, -0.25) is 9.59 Å². The van der Waals surface area contributed by atoms with Gasteiger partial charge in [-0.05, 0) is 54.1 Å². The van der Waals surface area contributed by atoms with Gasteiger partial charge in [-0.25, -0.2) is 0 Å². The van der Waals surface area contributed by atoms with Crippen molar-refractivity contribution in [2.75, 3.05) is 40.0 Å². The predicted octanol–water partition coefficient (Wildman–Crippen LogP) is 4.02. The fourth-order valence-corrected chi connectivity index (χ4v) is 4.96. The molecule has 174 valence electrons. The Bertz CT molecular complexity index is 1030. The third-order valence-electron chi connectivity index (χ3n) is 5.69. The number of carbonyl (C=O) groups excluding carboxylic acids is 2. The van der Waals surface area contributed by atoms with Crippen LogP contribution in [0, 0.1) is 0 Å². The molecule has 0 fully saturated rings. The van der Waals surface area contributed by atoms with Gasteiger partial charge < -0.3 is 23.7 Å². The van der Waals surface area contributed by atoms with Gasteiger partial charge in [0.25, 0.3) is 5.91 Å². The summed E-state index contributed by atoms with van der Waals surface area (Å²) in [7, 11) is 1.62. The van der Waals surface area contributed by atoms with E-state index in [0.29, 0.717) is 32.7 Å². The first-order valence-electron chi connectivity index (χ1n) is 11.0. The van der Waals surface area contributed by atoms with Crippen molar-refractivity contribution in [3.63, 3.8) is 0 Å². The summed E-state index contributed by atoms with van der Waals surface area (Å²) in [6.07, 6.45) is 2.89. The van der Waals surface area contributed by atoms with Crippen molar-refractivity contribution in [1.29, 1.82) is 0 Å². The van der Waals surface area contributed by atoms with E-state index in [-0.39, 0.29) is 30.2 Å². The Morgan fingerprint density at radius 1 is 1.18 bits per heavy atom. The van der Waals surface area contributed by atoms with Crippen molar-refractivity contribution in [2.24, 2.45) is 0 Å². The molecule has 33 heavy (non-hydrogen) atoms. The number of methoxy groups -OCH3 is 1. The largest absolute Gasteiger partial charge is 0.491 e. The SMILES string of the molecule is COCCCN(CC(=O)N1CCc2sccc2[C@@H]1COc1ccccc1)C(=O)c1ccco1. The van der Waals surface area contributed by atoms with Crippen molar-refractivity contribution in [2.45, 2.75) is 18.9 Å². The van der Waals surface area contributed by atoms with Crippen LogP contribution in [0.1, 0.15) is 33.5 Å². The maximum atomic E-state index is 13.5. The number of para-hydroxylation sites is 1. The number of ether oxygens (including phenoxy) is 2. The molecule has 0 spiro atoms. The first-order chi connectivity index (χ1) is 16.2. The number of hydrogen-bond acceptors (Lipinski definition) is 6. The molecule has 0 N–H and O–H groups in total. The number of carbonyl (C=O) groups is 2. The molecule has 1 aromatic carbocycles. The number of benzene rings is 1. The van der Waals surface area contributed by atoms with Gasteiger partial charge in [-0.2, -0.15) is 0 Å². The van der Waals surface area contributed by atoms with Crippen LogP contribution in [0.15, 0.2) is 64.6 Å². The highest BCUT2D eigenvalue weighted by Gasteiger charge is 2.33. The Balaban J connectivity index is 1.50. The number of thiophene rings is 1. The number of hydrogen-bond donors (Lipinski definition) is 0. The summed E-state index contributed by atoms with van der Waals surface area (Å²) in [5.74, 6) is 0.588. The lowest BCUT2D eigenvalue weighted by Gasteiger charge is -2.37. The average molecular weight is 469 g/mol. The van der Waals surface area contributed by atoms with E-state index < -0.39 is 0 Å². The molecule has 0 aliphatic carbocycles. The molecule has 0 bridgehead atoms. The average Bonchev–Trinajstić information content (AvgIpc) is 3.54. The third kappa shape index (κ3) is 5.64. The Morgan fingerprint density at radius 2 is 2.03 bits per heavy atom. The van der Waals surface area contributed by atoms with Gasteiger partial charge in [0.1, 0.15) is 18.9 Å². The molecule has 0 radical (unpaired) electrons. The van der Waals surface area contributed by atoms with Crippen LogP contribution in [0.2, 0.25) is 0 Å². The maximum absolute atomic E-state index is 13.5. The van der Waals surface area contributed by atoms with E-state index in [9.17, 15) is 9.59 Å². The standard InChI is InChI=1S/C25H28N2O5S/c1-30-14-6-12-26(25(29)22-9-5-15-31-22)17-24(28)27-13-10-23-20(11-16-33-23)21(27)18-32-19-7-3-2-4-8-19/h2-5,7-9,11,15-16,21H,6,10,12-14,17-18H2,1H3/t21-/m0/s1. The van der Waals surface area contributed by atoms with E-state index in [1.165, 1.54) is 11.1 Å². The quantitative estimate of drug-likeness (QED) is 0.420. The number of furan rings is 1. The molecule has 0 unspecified atom stereocenters. The summed E-state index contributed by atoms with van der Waals surface area (Å²) >= 11 is 1.71. The van der Waals surface area contributed by atoms with Gasteiger partial charge in [0.15, 0.2) is 5.76 Å². The molecule has 0 saturated heterocycles. The molecule has 8 heteroatoms. The highest BCUT2D eigenvalue weighted by Crippen LogP contribution is 2.34. The maximum Gasteiger partial charge on any atom is 0.290 e. The summed E-state index contributed by atoms with van der Waals surface area (Å²) in [5, 5.41) is 2.06. The lowest BCUT2D eigenvalue weighted by atomic mass is 10.0. The fraction of sp³-hybridized carbons (Fsp3) is 0.360. The van der Waals surface area contributed by atoms with Crippen LogP contribution in [0.3, 0.4) is 0 Å². The Kier molecular flexibility index (Phi) is 7.80. The molecule has 7 nitrogen and oxygen atoms in total. The zero-order chi connectivity index (χ0) is 23.0. The van der Waals surface area contributed by atoms with E-state index in [0.717, 1.165) is 17.7 Å². The summed E-state index contributed by atoms with van der Waals surface area (Å²) in [5.41, 5.74) is 1.12. The second-order valence-electron chi connectivity index (χ2n) is 7.83. The molecule has 2 aromatic heterocycles. The highest BCUT2D eigenvalue weighted by atomic mass is 32.1. The zero-order valence-electron chi connectivity index (χ0n) is 18.6. The summed E-state index contributed by atoms with van der Waals surface area (Å²) in [4.78, 5) is 31.1. The third-order valence-corrected chi connectivity index (χ3v) is 6.68. The number of fused-ring (bicyclic) bond motifs is 1. The Hall–Kier alpha value is -3.10. The minimum atomic E-state index is -0.297. The van der Waals surface area contributed by atoms with Gasteiger partial charge in [0, 0.05) is 31.7 Å². The van der Waals surface area contributed by atoms with Gasteiger partial charge in [-0.15, -0.1) is 11.3 Å². The van der Waals surface area contributed by atoms with Crippen molar-refractivity contribution in [3.05, 3.63) is 76.4 Å². The van der Waals surface area contributed by atoms with Crippen molar-refractivity contribution < 1.29 is 23.5 Å². The van der Waals surface area contributed by atoms with Gasteiger partial charge >= 0.3 is 0 Å². The van der Waals surface area contributed by atoms with Crippen molar-refractivity contribution in [1.82, 2.24) is 9.80 Å². The highest BCUT2D eigenvalue weighted by molar-refractivity contribution is 7.10. The minimum Gasteiger partial charge on any atom is -0.491 e. The van der Waals surface area contributed by atoms with Crippen molar-refractivity contribution >= 4 is 23.2 Å². The van der Waals surface area contributed by atoms with E-state index in [1.807, 2.05) is 35.2 Å². The van der Waals surface area contributed by atoms with Crippen LogP contribution >= 0.6 is 11.3 Å².